The van der Waals surface area contributed by atoms with Gasteiger partial charge in [-0.15, -0.1) is 0 Å². The first kappa shape index (κ1) is 11.4. The summed E-state index contributed by atoms with van der Waals surface area (Å²) in [6, 6.07) is 5.88. The summed E-state index contributed by atoms with van der Waals surface area (Å²) in [5.74, 6) is 2.15. The molecule has 0 amide bonds. The van der Waals surface area contributed by atoms with Gasteiger partial charge < -0.3 is 10.4 Å². The number of hydrogen-bond donors (Lipinski definition) is 2. The van der Waals surface area contributed by atoms with Gasteiger partial charge in [-0.25, -0.2) is 0 Å². The second-order valence-electron chi connectivity index (χ2n) is 5.44. The van der Waals surface area contributed by atoms with Gasteiger partial charge in [-0.2, -0.15) is 0 Å². The number of aromatic hydroxyl groups is 1. The number of phenols is 1. The minimum absolute atomic E-state index is 0.338. The second kappa shape index (κ2) is 4.51. The molecule has 2 N–H and O–H groups in total. The van der Waals surface area contributed by atoms with Crippen molar-refractivity contribution in [3.8, 4) is 5.75 Å². The third-order valence-corrected chi connectivity index (χ3v) is 4.57. The fraction of sp³-hybridized carbons (Fsp3) is 0.571. The molecule has 1 aromatic carbocycles. The number of hydrogen-bond acceptors (Lipinski definition) is 2. The number of benzene rings is 1. The highest BCUT2D eigenvalue weighted by atomic mass is 35.5. The molecule has 0 spiro atoms. The molecule has 3 atom stereocenters. The largest absolute Gasteiger partial charge is 0.508 e. The van der Waals surface area contributed by atoms with Gasteiger partial charge in [0.15, 0.2) is 0 Å². The molecule has 0 aliphatic heterocycles. The minimum atomic E-state index is 0.338. The van der Waals surface area contributed by atoms with Gasteiger partial charge in [0.1, 0.15) is 5.75 Å². The van der Waals surface area contributed by atoms with Crippen LogP contribution in [0, 0.1) is 11.8 Å². The molecular formula is C14H18ClNO. The molecule has 92 valence electrons. The van der Waals surface area contributed by atoms with E-state index in [0.717, 1.165) is 23.9 Å². The molecule has 2 fully saturated rings. The maximum absolute atomic E-state index is 9.74. The van der Waals surface area contributed by atoms with Crippen LogP contribution in [-0.4, -0.2) is 11.1 Å². The van der Waals surface area contributed by atoms with E-state index in [4.69, 9.17) is 11.6 Å². The van der Waals surface area contributed by atoms with Crippen LogP contribution in [0.1, 0.15) is 31.2 Å². The molecule has 2 saturated carbocycles. The van der Waals surface area contributed by atoms with Crippen LogP contribution >= 0.6 is 11.6 Å². The molecule has 2 bridgehead atoms. The van der Waals surface area contributed by atoms with E-state index in [1.54, 1.807) is 12.1 Å². The molecule has 2 aliphatic rings. The molecule has 1 aromatic rings. The summed E-state index contributed by atoms with van der Waals surface area (Å²) in [5, 5.41) is 14.0. The fourth-order valence-corrected chi connectivity index (χ4v) is 3.63. The van der Waals surface area contributed by atoms with Crippen molar-refractivity contribution in [1.82, 2.24) is 5.32 Å². The Morgan fingerprint density at radius 3 is 2.88 bits per heavy atom. The average Bonchev–Trinajstić information content (AvgIpc) is 2.92. The molecule has 3 rings (SSSR count). The van der Waals surface area contributed by atoms with Crippen molar-refractivity contribution < 1.29 is 5.11 Å². The van der Waals surface area contributed by atoms with Crippen LogP contribution in [0.25, 0.3) is 0 Å². The Morgan fingerprint density at radius 2 is 2.18 bits per heavy atom. The Bertz CT molecular complexity index is 421. The van der Waals surface area contributed by atoms with Gasteiger partial charge in [0.2, 0.25) is 0 Å². The normalized spacial score (nSPS) is 31.0. The van der Waals surface area contributed by atoms with Gasteiger partial charge in [-0.1, -0.05) is 18.0 Å². The highest BCUT2D eigenvalue weighted by Gasteiger charge is 2.38. The fourth-order valence-electron chi connectivity index (χ4n) is 3.43. The van der Waals surface area contributed by atoms with Crippen LogP contribution in [0.4, 0.5) is 0 Å². The van der Waals surface area contributed by atoms with E-state index in [2.05, 4.69) is 5.32 Å². The Labute approximate surface area is 107 Å². The summed E-state index contributed by atoms with van der Waals surface area (Å²) in [5.41, 5.74) is 0.903. The summed E-state index contributed by atoms with van der Waals surface area (Å²) in [7, 11) is 0. The van der Waals surface area contributed by atoms with E-state index in [9.17, 15) is 5.11 Å². The van der Waals surface area contributed by atoms with E-state index in [1.807, 2.05) is 6.07 Å². The molecular weight excluding hydrogens is 234 g/mol. The van der Waals surface area contributed by atoms with Crippen LogP contribution in [0.15, 0.2) is 18.2 Å². The van der Waals surface area contributed by atoms with Crippen molar-refractivity contribution in [3.05, 3.63) is 28.8 Å². The SMILES string of the molecule is Oc1ccc(Cl)cc1CNC1CC2CCC1C2. The third-order valence-electron chi connectivity index (χ3n) is 4.33. The van der Waals surface area contributed by atoms with Crippen LogP contribution in [0.2, 0.25) is 5.02 Å². The van der Waals surface area contributed by atoms with Crippen molar-refractivity contribution in [2.75, 3.05) is 0 Å². The number of rotatable bonds is 3. The molecule has 0 heterocycles. The van der Waals surface area contributed by atoms with Gasteiger partial charge in [-0.05, 0) is 49.3 Å². The molecule has 0 aromatic heterocycles. The van der Waals surface area contributed by atoms with Gasteiger partial charge in [0.05, 0.1) is 0 Å². The van der Waals surface area contributed by atoms with Crippen LogP contribution in [0.5, 0.6) is 5.75 Å². The van der Waals surface area contributed by atoms with Crippen LogP contribution in [0.3, 0.4) is 0 Å². The smallest absolute Gasteiger partial charge is 0.120 e. The summed E-state index contributed by atoms with van der Waals surface area (Å²) in [4.78, 5) is 0. The van der Waals surface area contributed by atoms with Crippen molar-refractivity contribution in [3.63, 3.8) is 0 Å². The number of halogens is 1. The number of phenolic OH excluding ortho intramolecular Hbond substituents is 1. The molecule has 3 heteroatoms. The molecule has 0 saturated heterocycles. The van der Waals surface area contributed by atoms with E-state index < -0.39 is 0 Å². The third kappa shape index (κ3) is 2.29. The maximum Gasteiger partial charge on any atom is 0.120 e. The number of nitrogens with one attached hydrogen (secondary N) is 1. The second-order valence-corrected chi connectivity index (χ2v) is 5.87. The topological polar surface area (TPSA) is 32.3 Å². The molecule has 2 nitrogen and oxygen atoms in total. The zero-order valence-electron chi connectivity index (χ0n) is 9.82. The lowest BCUT2D eigenvalue weighted by atomic mass is 9.95. The Kier molecular flexibility index (Phi) is 3.01. The van der Waals surface area contributed by atoms with Crippen molar-refractivity contribution >= 4 is 11.6 Å². The molecule has 2 aliphatic carbocycles. The van der Waals surface area contributed by atoms with Crippen molar-refractivity contribution in [2.24, 2.45) is 11.8 Å². The molecule has 17 heavy (non-hydrogen) atoms. The zero-order valence-corrected chi connectivity index (χ0v) is 10.6. The van der Waals surface area contributed by atoms with E-state index >= 15 is 0 Å². The first-order valence-corrected chi connectivity index (χ1v) is 6.81. The number of fused-ring (bicyclic) bond motifs is 2. The first-order chi connectivity index (χ1) is 8.22. The monoisotopic (exact) mass is 251 g/mol. The standard InChI is InChI=1S/C14H18ClNO/c15-12-3-4-14(17)11(7-12)8-16-13-6-9-1-2-10(13)5-9/h3-4,7,9-10,13,16-17H,1-2,5-6,8H2. The van der Waals surface area contributed by atoms with Gasteiger partial charge >= 0.3 is 0 Å². The summed E-state index contributed by atoms with van der Waals surface area (Å²) < 4.78 is 0. The van der Waals surface area contributed by atoms with E-state index in [0.29, 0.717) is 16.8 Å². The van der Waals surface area contributed by atoms with E-state index in [-0.39, 0.29) is 0 Å². The zero-order chi connectivity index (χ0) is 11.8. The van der Waals surface area contributed by atoms with Crippen molar-refractivity contribution in [2.45, 2.75) is 38.3 Å². The predicted octanol–water partition coefficient (Wildman–Crippen LogP) is 3.32. The Balaban J connectivity index is 1.62. The average molecular weight is 252 g/mol. The predicted molar refractivity (Wildman–Crippen MR) is 69.2 cm³/mol. The maximum atomic E-state index is 9.74. The lowest BCUT2D eigenvalue weighted by Gasteiger charge is -2.23. The van der Waals surface area contributed by atoms with Gasteiger partial charge in [0, 0.05) is 23.2 Å². The highest BCUT2D eigenvalue weighted by molar-refractivity contribution is 6.30. The minimum Gasteiger partial charge on any atom is -0.508 e. The Hall–Kier alpha value is -0.730. The van der Waals surface area contributed by atoms with Gasteiger partial charge in [0.25, 0.3) is 0 Å². The van der Waals surface area contributed by atoms with Crippen LogP contribution in [-0.2, 0) is 6.54 Å². The Morgan fingerprint density at radius 1 is 1.29 bits per heavy atom. The lowest BCUT2D eigenvalue weighted by molar-refractivity contribution is 0.348. The first-order valence-electron chi connectivity index (χ1n) is 6.43. The summed E-state index contributed by atoms with van der Waals surface area (Å²) >= 11 is 5.94. The quantitative estimate of drug-likeness (QED) is 0.864. The highest BCUT2D eigenvalue weighted by Crippen LogP contribution is 2.44. The molecule has 3 unspecified atom stereocenters. The van der Waals surface area contributed by atoms with Gasteiger partial charge in [-0.3, -0.25) is 0 Å². The summed E-state index contributed by atoms with van der Waals surface area (Å²) in [6.07, 6.45) is 5.51. The van der Waals surface area contributed by atoms with Crippen molar-refractivity contribution in [1.29, 1.82) is 0 Å². The summed E-state index contributed by atoms with van der Waals surface area (Å²) in [6.45, 7) is 0.722. The molecule has 0 radical (unpaired) electrons. The van der Waals surface area contributed by atoms with Crippen LogP contribution < -0.4 is 5.32 Å². The lowest BCUT2D eigenvalue weighted by Crippen LogP contribution is -2.33. The van der Waals surface area contributed by atoms with E-state index in [1.165, 1.54) is 25.7 Å².